The number of amides is 1. The Labute approximate surface area is 325 Å². The van der Waals surface area contributed by atoms with Gasteiger partial charge in [0.15, 0.2) is 0 Å². The molecule has 55 heavy (non-hydrogen) atoms. The SMILES string of the molecule is CCCCC(CC)COC(=O)c1ccc(Nc2nc(Nc3ccc(NC(=O)C(C)C)cc3)nc(Nc3cccc(C(=O)OCC(CC)CCCC)c3)n2)cc1. The number of hydrogen-bond acceptors (Lipinski definition) is 11. The summed E-state index contributed by atoms with van der Waals surface area (Å²) in [6.07, 6.45) is 8.44. The van der Waals surface area contributed by atoms with Crippen LogP contribution in [0.15, 0.2) is 72.8 Å². The molecule has 2 atom stereocenters. The van der Waals surface area contributed by atoms with Crippen molar-refractivity contribution >= 4 is 58.4 Å². The number of hydrogen-bond donors (Lipinski definition) is 4. The first kappa shape index (κ1) is 42.2. The molecule has 4 N–H and O–H groups in total. The number of anilines is 7. The zero-order valence-corrected chi connectivity index (χ0v) is 33.1. The van der Waals surface area contributed by atoms with Gasteiger partial charge < -0.3 is 30.7 Å². The van der Waals surface area contributed by atoms with E-state index in [9.17, 15) is 14.4 Å². The van der Waals surface area contributed by atoms with Gasteiger partial charge in [0.1, 0.15) is 0 Å². The lowest BCUT2D eigenvalue weighted by atomic mass is 10.0. The Hall–Kier alpha value is -5.52. The monoisotopic (exact) mass is 751 g/mol. The van der Waals surface area contributed by atoms with Gasteiger partial charge in [-0.15, -0.1) is 0 Å². The molecule has 0 radical (unpaired) electrons. The van der Waals surface area contributed by atoms with E-state index in [1.165, 1.54) is 0 Å². The number of carbonyl (C=O) groups excluding carboxylic acids is 3. The Bertz CT molecular complexity index is 1820. The van der Waals surface area contributed by atoms with Crippen molar-refractivity contribution in [3.8, 4) is 0 Å². The summed E-state index contributed by atoms with van der Waals surface area (Å²) in [6.45, 7) is 13.0. The average Bonchev–Trinajstić information content (AvgIpc) is 3.18. The van der Waals surface area contributed by atoms with Crippen LogP contribution >= 0.6 is 0 Å². The summed E-state index contributed by atoms with van der Waals surface area (Å²) in [5.74, 6) is 0.404. The Morgan fingerprint density at radius 1 is 0.582 bits per heavy atom. The van der Waals surface area contributed by atoms with Crippen molar-refractivity contribution in [1.82, 2.24) is 15.0 Å². The minimum atomic E-state index is -0.388. The largest absolute Gasteiger partial charge is 0.462 e. The topological polar surface area (TPSA) is 156 Å². The van der Waals surface area contributed by atoms with E-state index >= 15 is 0 Å². The van der Waals surface area contributed by atoms with Crippen LogP contribution in [0.2, 0.25) is 0 Å². The molecule has 4 aromatic rings. The van der Waals surface area contributed by atoms with Crippen LogP contribution in [0.25, 0.3) is 0 Å². The van der Waals surface area contributed by atoms with Crippen LogP contribution in [0.1, 0.15) is 114 Å². The van der Waals surface area contributed by atoms with Crippen molar-refractivity contribution in [2.45, 2.75) is 92.9 Å². The molecule has 12 nitrogen and oxygen atoms in total. The quantitative estimate of drug-likeness (QED) is 0.0567. The number of aromatic nitrogens is 3. The second kappa shape index (κ2) is 22.0. The minimum absolute atomic E-state index is 0.0727. The summed E-state index contributed by atoms with van der Waals surface area (Å²) < 4.78 is 11.3. The second-order valence-electron chi connectivity index (χ2n) is 14.1. The predicted molar refractivity (Wildman–Crippen MR) is 220 cm³/mol. The van der Waals surface area contributed by atoms with E-state index in [0.717, 1.165) is 51.4 Å². The Morgan fingerprint density at radius 2 is 1.04 bits per heavy atom. The van der Waals surface area contributed by atoms with Gasteiger partial charge in [-0.05, 0) is 91.4 Å². The van der Waals surface area contributed by atoms with E-state index in [2.05, 4.69) is 63.9 Å². The van der Waals surface area contributed by atoms with Crippen LogP contribution < -0.4 is 21.3 Å². The lowest BCUT2D eigenvalue weighted by Crippen LogP contribution is -2.17. The first-order valence-electron chi connectivity index (χ1n) is 19.6. The van der Waals surface area contributed by atoms with Crippen molar-refractivity contribution in [2.24, 2.45) is 17.8 Å². The molecular formula is C43H57N7O5. The molecule has 0 aliphatic carbocycles. The summed E-state index contributed by atoms with van der Waals surface area (Å²) >= 11 is 0. The highest BCUT2D eigenvalue weighted by Gasteiger charge is 2.16. The standard InChI is InChI=1S/C43H57N7O5/c1-7-11-14-30(9-3)27-54-39(52)32-18-20-35(21-19-32)45-41-48-42(46-36-24-22-34(23-25-36)44-38(51)29(5)6)50-43(49-41)47-37-17-13-16-33(26-37)40(53)55-28-31(10-4)15-12-8-2/h13,16-26,29-31H,7-12,14-15,27-28H2,1-6H3,(H,44,51)(H3,45,46,47,48,49,50). The van der Waals surface area contributed by atoms with Crippen molar-refractivity contribution in [1.29, 1.82) is 0 Å². The molecule has 0 saturated heterocycles. The highest BCUT2D eigenvalue weighted by Crippen LogP contribution is 2.24. The molecule has 0 saturated carbocycles. The van der Waals surface area contributed by atoms with Crippen molar-refractivity contribution in [3.63, 3.8) is 0 Å². The van der Waals surface area contributed by atoms with Gasteiger partial charge in [-0.3, -0.25) is 4.79 Å². The van der Waals surface area contributed by atoms with E-state index in [1.807, 2.05) is 32.0 Å². The molecule has 0 fully saturated rings. The van der Waals surface area contributed by atoms with E-state index in [0.29, 0.717) is 58.9 Å². The fourth-order valence-corrected chi connectivity index (χ4v) is 5.62. The normalized spacial score (nSPS) is 12.1. The maximum Gasteiger partial charge on any atom is 0.338 e. The maximum atomic E-state index is 13.0. The molecule has 294 valence electrons. The zero-order chi connectivity index (χ0) is 39.6. The van der Waals surface area contributed by atoms with Crippen LogP contribution in [0.4, 0.5) is 40.6 Å². The van der Waals surface area contributed by atoms with Gasteiger partial charge in [0.2, 0.25) is 23.8 Å². The highest BCUT2D eigenvalue weighted by molar-refractivity contribution is 5.92. The molecule has 12 heteroatoms. The summed E-state index contributed by atoms with van der Waals surface area (Å²) in [5.41, 5.74) is 3.45. The fraction of sp³-hybridized carbons (Fsp3) is 0.442. The van der Waals surface area contributed by atoms with Gasteiger partial charge in [0.25, 0.3) is 0 Å². The first-order chi connectivity index (χ1) is 26.6. The van der Waals surface area contributed by atoms with E-state index < -0.39 is 0 Å². The number of unbranched alkanes of at least 4 members (excludes halogenated alkanes) is 2. The van der Waals surface area contributed by atoms with Gasteiger partial charge in [0.05, 0.1) is 24.3 Å². The molecular weight excluding hydrogens is 695 g/mol. The minimum Gasteiger partial charge on any atom is -0.462 e. The summed E-state index contributed by atoms with van der Waals surface area (Å²) in [4.78, 5) is 51.7. The molecule has 1 heterocycles. The van der Waals surface area contributed by atoms with Crippen molar-refractivity contribution in [2.75, 3.05) is 34.5 Å². The maximum absolute atomic E-state index is 13.0. The third kappa shape index (κ3) is 14.0. The van der Waals surface area contributed by atoms with Gasteiger partial charge in [-0.2, -0.15) is 15.0 Å². The second-order valence-corrected chi connectivity index (χ2v) is 14.1. The molecule has 0 aliphatic heterocycles. The Balaban J connectivity index is 1.52. The molecule has 3 aromatic carbocycles. The van der Waals surface area contributed by atoms with Crippen molar-refractivity contribution < 1.29 is 23.9 Å². The third-order valence-corrected chi connectivity index (χ3v) is 9.29. The van der Waals surface area contributed by atoms with Crippen LogP contribution in [0.3, 0.4) is 0 Å². The van der Waals surface area contributed by atoms with E-state index in [-0.39, 0.29) is 41.6 Å². The lowest BCUT2D eigenvalue weighted by molar-refractivity contribution is -0.118. The van der Waals surface area contributed by atoms with Crippen LogP contribution in [-0.2, 0) is 14.3 Å². The molecule has 1 amide bonds. The number of nitrogens with one attached hydrogen (secondary N) is 4. The molecule has 4 rings (SSSR count). The number of nitrogens with zero attached hydrogens (tertiary/aromatic N) is 3. The number of esters is 2. The fourth-order valence-electron chi connectivity index (χ4n) is 5.62. The number of carbonyl (C=O) groups is 3. The Kier molecular flexibility index (Phi) is 16.9. The van der Waals surface area contributed by atoms with Gasteiger partial charge in [-0.25, -0.2) is 9.59 Å². The Morgan fingerprint density at radius 3 is 1.51 bits per heavy atom. The third-order valence-electron chi connectivity index (χ3n) is 9.29. The smallest absolute Gasteiger partial charge is 0.338 e. The number of benzene rings is 3. The van der Waals surface area contributed by atoms with Crippen molar-refractivity contribution in [3.05, 3.63) is 83.9 Å². The van der Waals surface area contributed by atoms with Crippen LogP contribution in [0, 0.1) is 17.8 Å². The van der Waals surface area contributed by atoms with E-state index in [4.69, 9.17) is 9.47 Å². The first-order valence-corrected chi connectivity index (χ1v) is 19.6. The van der Waals surface area contributed by atoms with E-state index in [1.54, 1.807) is 54.6 Å². The molecule has 0 spiro atoms. The molecule has 2 unspecified atom stereocenters. The number of rotatable bonds is 22. The van der Waals surface area contributed by atoms with Gasteiger partial charge in [0, 0.05) is 28.7 Å². The molecule has 0 aliphatic rings. The van der Waals surface area contributed by atoms with Crippen LogP contribution in [-0.4, -0.2) is 46.0 Å². The highest BCUT2D eigenvalue weighted by atomic mass is 16.5. The zero-order valence-electron chi connectivity index (χ0n) is 33.1. The van der Waals surface area contributed by atoms with Gasteiger partial charge in [-0.1, -0.05) is 86.1 Å². The summed E-state index contributed by atoms with van der Waals surface area (Å²) in [7, 11) is 0. The summed E-state index contributed by atoms with van der Waals surface area (Å²) in [5, 5.41) is 12.5. The molecule has 1 aromatic heterocycles. The van der Waals surface area contributed by atoms with Gasteiger partial charge >= 0.3 is 11.9 Å². The number of ether oxygens (including phenoxy) is 2. The summed E-state index contributed by atoms with van der Waals surface area (Å²) in [6, 6.07) is 21.1. The lowest BCUT2D eigenvalue weighted by Gasteiger charge is -2.15. The van der Waals surface area contributed by atoms with Crippen LogP contribution in [0.5, 0.6) is 0 Å². The predicted octanol–water partition coefficient (Wildman–Crippen LogP) is 10.4. The average molecular weight is 752 g/mol. The molecule has 0 bridgehead atoms.